The number of hydrogen-bond acceptors (Lipinski definition) is 9. The molecule has 0 bridgehead atoms. The van der Waals surface area contributed by atoms with E-state index in [0.29, 0.717) is 12.1 Å². The first kappa shape index (κ1) is 32.2. The van der Waals surface area contributed by atoms with Crippen LogP contribution in [0.4, 0.5) is 18.9 Å². The zero-order chi connectivity index (χ0) is 28.7. The number of rotatable bonds is 5. The van der Waals surface area contributed by atoms with Gasteiger partial charge in [0.2, 0.25) is 11.8 Å². The van der Waals surface area contributed by atoms with E-state index in [1.165, 1.54) is 6.07 Å². The molecule has 0 atom stereocenters. The molecule has 1 aliphatic rings. The number of anilines is 1. The van der Waals surface area contributed by atoms with Gasteiger partial charge in [-0.3, -0.25) is 9.78 Å². The number of carbonyl (C=O) groups is 2. The molecule has 1 fully saturated rings. The standard InChI is InChI=1S/C16H13F3N4O.C7H14N2O.CH4O.CH2O/c1-23(12-3-2-6-20-8-12)9-11-5-4-10(7-13(11)17)15-21-22-16(24-15)14(18)19;1-7(10)9-5-3-8(2)4-6-9;2*1-2/h2-8,14H,9H2,1H3;3-6H2,1-2H3;2H,1H3;1H2. The van der Waals surface area contributed by atoms with Crippen LogP contribution in [-0.2, 0) is 16.1 Å². The van der Waals surface area contributed by atoms with Gasteiger partial charge in [0.05, 0.1) is 11.9 Å². The number of piperazine rings is 1. The highest BCUT2D eigenvalue weighted by molar-refractivity contribution is 5.73. The number of aliphatic hydroxyl groups excluding tert-OH is 1. The fourth-order valence-electron chi connectivity index (χ4n) is 3.30. The quantitative estimate of drug-likeness (QED) is 0.523. The first-order valence-electron chi connectivity index (χ1n) is 11.4. The zero-order valence-electron chi connectivity index (χ0n) is 21.9. The predicted molar refractivity (Wildman–Crippen MR) is 136 cm³/mol. The Morgan fingerprint density at radius 2 is 1.82 bits per heavy atom. The highest BCUT2D eigenvalue weighted by atomic mass is 19.3. The number of aliphatic hydroxyl groups is 1. The van der Waals surface area contributed by atoms with Gasteiger partial charge in [-0.25, -0.2) is 4.39 Å². The number of halogens is 3. The van der Waals surface area contributed by atoms with Crippen molar-refractivity contribution in [2.75, 3.05) is 52.3 Å². The van der Waals surface area contributed by atoms with Crippen LogP contribution >= 0.6 is 0 Å². The Kier molecular flexibility index (Phi) is 14.2. The van der Waals surface area contributed by atoms with Crippen LogP contribution in [0.3, 0.4) is 0 Å². The molecule has 0 saturated carbocycles. The first-order valence-corrected chi connectivity index (χ1v) is 11.4. The average Bonchev–Trinajstić information content (AvgIpc) is 3.44. The van der Waals surface area contributed by atoms with Crippen LogP contribution in [0.25, 0.3) is 11.5 Å². The van der Waals surface area contributed by atoms with E-state index in [9.17, 15) is 18.0 Å². The fourth-order valence-corrected chi connectivity index (χ4v) is 3.30. The molecule has 0 unspecified atom stereocenters. The third-order valence-corrected chi connectivity index (χ3v) is 5.37. The molecule has 1 amide bonds. The molecular formula is C25H33F3N6O4. The largest absolute Gasteiger partial charge is 0.415 e. The summed E-state index contributed by atoms with van der Waals surface area (Å²) in [6.07, 6.45) is 0.477. The Hall–Kier alpha value is -3.84. The number of pyridine rings is 1. The molecule has 0 radical (unpaired) electrons. The van der Waals surface area contributed by atoms with Gasteiger partial charge in [-0.1, -0.05) is 6.07 Å². The molecule has 3 aromatic rings. The van der Waals surface area contributed by atoms with Crippen molar-refractivity contribution in [1.29, 1.82) is 0 Å². The summed E-state index contributed by atoms with van der Waals surface area (Å²) < 4.78 is 44.0. The van der Waals surface area contributed by atoms with Crippen molar-refractivity contribution in [3.63, 3.8) is 0 Å². The minimum atomic E-state index is -2.86. The van der Waals surface area contributed by atoms with E-state index in [1.54, 1.807) is 37.5 Å². The summed E-state index contributed by atoms with van der Waals surface area (Å²) in [6.45, 7) is 7.77. The van der Waals surface area contributed by atoms with E-state index in [1.807, 2.05) is 29.7 Å². The number of carbonyl (C=O) groups excluding carboxylic acids is 2. The summed E-state index contributed by atoms with van der Waals surface area (Å²) in [7, 11) is 4.90. The van der Waals surface area contributed by atoms with Crippen LogP contribution in [-0.4, -0.2) is 90.2 Å². The third-order valence-electron chi connectivity index (χ3n) is 5.37. The highest BCUT2D eigenvalue weighted by Crippen LogP contribution is 2.25. The lowest BCUT2D eigenvalue weighted by molar-refractivity contribution is -0.130. The summed E-state index contributed by atoms with van der Waals surface area (Å²) in [5, 5.41) is 13.7. The summed E-state index contributed by atoms with van der Waals surface area (Å²) in [4.78, 5) is 28.8. The van der Waals surface area contributed by atoms with Crippen LogP contribution in [0.5, 0.6) is 0 Å². The van der Waals surface area contributed by atoms with Crippen molar-refractivity contribution in [2.45, 2.75) is 19.9 Å². The number of hydrogen-bond donors (Lipinski definition) is 1. The number of amides is 1. The van der Waals surface area contributed by atoms with Crippen molar-refractivity contribution in [3.8, 4) is 11.5 Å². The van der Waals surface area contributed by atoms with E-state index in [-0.39, 0.29) is 17.4 Å². The lowest BCUT2D eigenvalue weighted by Crippen LogP contribution is -2.46. The maximum atomic E-state index is 14.3. The van der Waals surface area contributed by atoms with Gasteiger partial charge in [0.25, 0.3) is 5.89 Å². The molecule has 1 aliphatic heterocycles. The van der Waals surface area contributed by atoms with Gasteiger partial charge in [0.15, 0.2) is 0 Å². The second kappa shape index (κ2) is 16.8. The second-order valence-electron chi connectivity index (χ2n) is 7.93. The minimum absolute atomic E-state index is 0.142. The Labute approximate surface area is 219 Å². The number of aromatic nitrogens is 3. The summed E-state index contributed by atoms with van der Waals surface area (Å²) in [5.74, 6) is -1.21. The summed E-state index contributed by atoms with van der Waals surface area (Å²) >= 11 is 0. The molecule has 10 nitrogen and oxygen atoms in total. The van der Waals surface area contributed by atoms with Gasteiger partial charge in [-0.15, -0.1) is 10.2 Å². The van der Waals surface area contributed by atoms with Gasteiger partial charge >= 0.3 is 6.43 Å². The average molecular weight is 539 g/mol. The van der Waals surface area contributed by atoms with Gasteiger partial charge < -0.3 is 29.0 Å². The molecular weight excluding hydrogens is 505 g/mol. The smallest absolute Gasteiger partial charge is 0.314 e. The number of alkyl halides is 2. The molecule has 3 heterocycles. The SMILES string of the molecule is C=O.CC(=O)N1CCN(C)CC1.CN(Cc1ccc(-c2nnc(C(F)F)o2)cc1F)c1cccnc1.CO. The molecule has 1 saturated heterocycles. The van der Waals surface area contributed by atoms with Crippen molar-refractivity contribution >= 4 is 18.4 Å². The lowest BCUT2D eigenvalue weighted by atomic mass is 10.1. The Morgan fingerprint density at radius 3 is 2.32 bits per heavy atom. The van der Waals surface area contributed by atoms with Crippen molar-refractivity contribution < 1.29 is 32.3 Å². The van der Waals surface area contributed by atoms with Crippen molar-refractivity contribution in [3.05, 3.63) is 60.0 Å². The number of likely N-dealkylation sites (N-methyl/N-ethyl adjacent to an activating group) is 1. The normalized spacial score (nSPS) is 12.8. The number of nitrogens with zero attached hydrogens (tertiary/aromatic N) is 6. The molecule has 1 aromatic carbocycles. The van der Waals surface area contributed by atoms with Crippen LogP contribution in [0.1, 0.15) is 24.8 Å². The van der Waals surface area contributed by atoms with Gasteiger partial charge in [-0.05, 0) is 31.3 Å². The van der Waals surface area contributed by atoms with E-state index in [4.69, 9.17) is 14.3 Å². The molecule has 13 heteroatoms. The second-order valence-corrected chi connectivity index (χ2v) is 7.93. The maximum absolute atomic E-state index is 14.3. The van der Waals surface area contributed by atoms with E-state index in [0.717, 1.165) is 39.0 Å². The molecule has 1 N–H and O–H groups in total. The van der Waals surface area contributed by atoms with Crippen molar-refractivity contribution in [2.24, 2.45) is 0 Å². The third kappa shape index (κ3) is 9.90. The molecule has 208 valence electrons. The monoisotopic (exact) mass is 538 g/mol. The van der Waals surface area contributed by atoms with E-state index in [2.05, 4.69) is 27.1 Å². The molecule has 2 aromatic heterocycles. The van der Waals surface area contributed by atoms with Crippen LogP contribution in [0.15, 0.2) is 47.1 Å². The van der Waals surface area contributed by atoms with Crippen molar-refractivity contribution in [1.82, 2.24) is 25.0 Å². The Balaban J connectivity index is 0.000000431. The van der Waals surface area contributed by atoms with Gasteiger partial charge in [0, 0.05) is 71.1 Å². The Morgan fingerprint density at radius 1 is 1.16 bits per heavy atom. The lowest BCUT2D eigenvalue weighted by Gasteiger charge is -2.31. The van der Waals surface area contributed by atoms with E-state index < -0.39 is 18.1 Å². The van der Waals surface area contributed by atoms with Crippen LogP contribution in [0, 0.1) is 5.82 Å². The van der Waals surface area contributed by atoms with Gasteiger partial charge in [-0.2, -0.15) is 8.78 Å². The summed E-state index contributed by atoms with van der Waals surface area (Å²) in [5.41, 5.74) is 1.54. The molecule has 4 rings (SSSR count). The predicted octanol–water partition coefficient (Wildman–Crippen LogP) is 3.05. The molecule has 0 aliphatic carbocycles. The molecule has 0 spiro atoms. The fraction of sp³-hybridized carbons (Fsp3) is 0.400. The minimum Gasteiger partial charge on any atom is -0.415 e. The van der Waals surface area contributed by atoms with Gasteiger partial charge in [0.1, 0.15) is 12.6 Å². The van der Waals surface area contributed by atoms with Crippen LogP contribution < -0.4 is 4.90 Å². The maximum Gasteiger partial charge on any atom is 0.314 e. The first-order chi connectivity index (χ1) is 18.2. The zero-order valence-corrected chi connectivity index (χ0v) is 21.9. The van der Waals surface area contributed by atoms with Crippen LogP contribution in [0.2, 0.25) is 0 Å². The van der Waals surface area contributed by atoms with E-state index >= 15 is 0 Å². The summed E-state index contributed by atoms with van der Waals surface area (Å²) in [6, 6.07) is 7.96. The number of benzene rings is 1. The topological polar surface area (TPSA) is 116 Å². The molecule has 38 heavy (non-hydrogen) atoms. The highest BCUT2D eigenvalue weighted by Gasteiger charge is 2.18. The Bertz CT molecular complexity index is 1100.